The third-order valence-electron chi connectivity index (χ3n) is 8.86. The van der Waals surface area contributed by atoms with Gasteiger partial charge in [0, 0.05) is 6.54 Å². The fourth-order valence-electron chi connectivity index (χ4n) is 6.69. The molecule has 0 aromatic heterocycles. The van der Waals surface area contributed by atoms with Gasteiger partial charge < -0.3 is 30.5 Å². The van der Waals surface area contributed by atoms with Crippen LogP contribution in [0.4, 0.5) is 0 Å². The van der Waals surface area contributed by atoms with Crippen LogP contribution in [0.3, 0.4) is 0 Å². The molecule has 170 valence electrons. The average Bonchev–Trinajstić information content (AvgIpc) is 3.14. The summed E-state index contributed by atoms with van der Waals surface area (Å²) in [5.74, 6) is -0.222. The highest BCUT2D eigenvalue weighted by Gasteiger charge is 2.70. The quantitative estimate of drug-likeness (QED) is 0.500. The van der Waals surface area contributed by atoms with Gasteiger partial charge in [0.25, 0.3) is 5.91 Å². The summed E-state index contributed by atoms with van der Waals surface area (Å²) < 4.78 is 6.05. The first-order chi connectivity index (χ1) is 14.6. The number of aliphatic hydroxyl groups is 3. The van der Waals surface area contributed by atoms with Gasteiger partial charge in [-0.15, -0.1) is 0 Å². The minimum atomic E-state index is -1.50. The van der Waals surface area contributed by atoms with E-state index in [1.807, 2.05) is 0 Å². The van der Waals surface area contributed by atoms with Crippen LogP contribution >= 0.6 is 0 Å². The van der Waals surface area contributed by atoms with Gasteiger partial charge in [0.15, 0.2) is 0 Å². The number of aromatic hydroxyl groups is 1. The number of benzene rings is 1. The van der Waals surface area contributed by atoms with Crippen LogP contribution in [-0.4, -0.2) is 50.2 Å². The van der Waals surface area contributed by atoms with Crippen molar-refractivity contribution in [3.05, 3.63) is 23.3 Å². The summed E-state index contributed by atoms with van der Waals surface area (Å²) in [5.41, 5.74) is -2.21. The number of phenols is 1. The molecule has 1 amide bonds. The number of fused-ring (bicyclic) bond motifs is 1. The third kappa shape index (κ3) is 2.93. The first-order valence-corrected chi connectivity index (χ1v) is 11.5. The zero-order chi connectivity index (χ0) is 22.2. The van der Waals surface area contributed by atoms with E-state index < -0.39 is 29.3 Å². The molecule has 4 aliphatic carbocycles. The molecule has 31 heavy (non-hydrogen) atoms. The number of rotatable bonds is 4. The maximum atomic E-state index is 12.7. The van der Waals surface area contributed by atoms with Crippen LogP contribution in [0.15, 0.2) is 12.1 Å². The van der Waals surface area contributed by atoms with E-state index >= 15 is 0 Å². The maximum Gasteiger partial charge on any atom is 0.255 e. The number of hydrogen-bond donors (Lipinski definition) is 5. The number of ether oxygens (including phenoxy) is 1. The number of carbonyl (C=O) groups is 1. The van der Waals surface area contributed by atoms with Crippen LogP contribution in [0.1, 0.15) is 80.8 Å². The Morgan fingerprint density at radius 3 is 2.58 bits per heavy atom. The molecule has 0 spiro atoms. The molecule has 5 aliphatic rings. The summed E-state index contributed by atoms with van der Waals surface area (Å²) >= 11 is 0. The van der Waals surface area contributed by atoms with Crippen LogP contribution in [0.25, 0.3) is 0 Å². The first kappa shape index (κ1) is 21.0. The summed E-state index contributed by atoms with van der Waals surface area (Å²) in [6.45, 7) is 4.50. The van der Waals surface area contributed by atoms with Gasteiger partial charge in [-0.2, -0.15) is 0 Å². The monoisotopic (exact) mass is 431 g/mol. The molecule has 1 aliphatic heterocycles. The Morgan fingerprint density at radius 2 is 1.90 bits per heavy atom. The summed E-state index contributed by atoms with van der Waals surface area (Å²) in [6, 6.07) is 3.07. The Morgan fingerprint density at radius 1 is 1.19 bits per heavy atom. The largest absolute Gasteiger partial charge is 0.507 e. The Kier molecular flexibility index (Phi) is 4.64. The zero-order valence-electron chi connectivity index (χ0n) is 18.2. The van der Waals surface area contributed by atoms with Crippen molar-refractivity contribution in [3.8, 4) is 11.5 Å². The van der Waals surface area contributed by atoms with E-state index in [4.69, 9.17) is 4.74 Å². The first-order valence-electron chi connectivity index (χ1n) is 11.5. The van der Waals surface area contributed by atoms with E-state index in [0.29, 0.717) is 31.1 Å². The molecule has 0 radical (unpaired) electrons. The second kappa shape index (κ2) is 6.83. The molecule has 1 aromatic rings. The topological polar surface area (TPSA) is 119 Å². The van der Waals surface area contributed by atoms with Crippen LogP contribution < -0.4 is 10.1 Å². The molecule has 7 nitrogen and oxygen atoms in total. The number of carbonyl (C=O) groups excluding carboxylic acids is 1. The second-order valence-electron chi connectivity index (χ2n) is 10.7. The van der Waals surface area contributed by atoms with Gasteiger partial charge in [-0.1, -0.05) is 26.7 Å². The Labute approximate surface area is 182 Å². The van der Waals surface area contributed by atoms with Crippen molar-refractivity contribution in [2.75, 3.05) is 6.54 Å². The number of phenolic OH excluding ortho intramolecular Hbond substituents is 1. The molecular weight excluding hydrogens is 398 g/mol. The normalized spacial score (nSPS) is 36.5. The van der Waals surface area contributed by atoms with Gasteiger partial charge in [0.05, 0.1) is 16.7 Å². The Hall–Kier alpha value is -1.83. The highest BCUT2D eigenvalue weighted by atomic mass is 16.5. The van der Waals surface area contributed by atoms with Gasteiger partial charge >= 0.3 is 0 Å². The smallest absolute Gasteiger partial charge is 0.255 e. The standard InChI is InChI=1S/C24H33NO6/c1-22(2)13-11-16(22)24(30)17(12-13)31-15-6-5-14(19(26)18(15)20(24)27)21(28)25-10-9-23(29)7-3-4-8-23/h5-6,13,16-17,20,26-27,29-30H,3-4,7-12H2,1-2H3,(H,25,28)/t13-,16-,17-,20+,24-/m1/s1. The zero-order valence-corrected chi connectivity index (χ0v) is 18.2. The number of amides is 1. The van der Waals surface area contributed by atoms with Crippen LogP contribution in [0.5, 0.6) is 11.5 Å². The average molecular weight is 432 g/mol. The minimum absolute atomic E-state index is 0.0309. The van der Waals surface area contributed by atoms with E-state index in [9.17, 15) is 25.2 Å². The predicted molar refractivity (Wildman–Crippen MR) is 113 cm³/mol. The van der Waals surface area contributed by atoms with Gasteiger partial charge in [-0.05, 0) is 61.5 Å². The lowest BCUT2D eigenvalue weighted by atomic mass is 9.42. The maximum absolute atomic E-state index is 12.7. The molecule has 4 saturated carbocycles. The molecule has 4 fully saturated rings. The molecule has 0 unspecified atom stereocenters. The minimum Gasteiger partial charge on any atom is -0.507 e. The van der Waals surface area contributed by atoms with Crippen molar-refractivity contribution < 1.29 is 30.0 Å². The van der Waals surface area contributed by atoms with Gasteiger partial charge in [-0.3, -0.25) is 4.79 Å². The van der Waals surface area contributed by atoms with Crippen molar-refractivity contribution in [2.45, 2.75) is 82.2 Å². The van der Waals surface area contributed by atoms with Crippen molar-refractivity contribution in [1.82, 2.24) is 5.32 Å². The second-order valence-corrected chi connectivity index (χ2v) is 10.7. The van der Waals surface area contributed by atoms with Gasteiger partial charge in [0.1, 0.15) is 29.3 Å². The van der Waals surface area contributed by atoms with Gasteiger partial charge in [0.2, 0.25) is 0 Å². The van der Waals surface area contributed by atoms with E-state index in [1.165, 1.54) is 6.07 Å². The summed E-state index contributed by atoms with van der Waals surface area (Å²) in [4.78, 5) is 12.7. The summed E-state index contributed by atoms with van der Waals surface area (Å²) in [6.07, 6.45) is 3.56. The van der Waals surface area contributed by atoms with E-state index in [1.54, 1.807) is 6.07 Å². The van der Waals surface area contributed by atoms with Crippen molar-refractivity contribution in [1.29, 1.82) is 0 Å². The van der Waals surface area contributed by atoms with E-state index in [0.717, 1.165) is 32.1 Å². The highest BCUT2D eigenvalue weighted by molar-refractivity contribution is 5.97. The van der Waals surface area contributed by atoms with E-state index in [-0.39, 0.29) is 28.2 Å². The van der Waals surface area contributed by atoms with Crippen LogP contribution in [0, 0.1) is 17.3 Å². The number of aliphatic hydroxyl groups excluding tert-OH is 1. The lowest BCUT2D eigenvalue weighted by Gasteiger charge is -2.67. The lowest BCUT2D eigenvalue weighted by Crippen LogP contribution is -2.72. The molecule has 1 heterocycles. The lowest BCUT2D eigenvalue weighted by molar-refractivity contribution is -0.289. The molecule has 5 atom stereocenters. The fraction of sp³-hybridized carbons (Fsp3) is 0.708. The van der Waals surface area contributed by atoms with Crippen LogP contribution in [0.2, 0.25) is 0 Å². The molecule has 6 rings (SSSR count). The molecule has 0 saturated heterocycles. The third-order valence-corrected chi connectivity index (χ3v) is 8.86. The number of nitrogens with one attached hydrogen (secondary N) is 1. The molecule has 5 N–H and O–H groups in total. The summed E-state index contributed by atoms with van der Waals surface area (Å²) in [5, 5.41) is 46.9. The molecule has 1 aromatic carbocycles. The Bertz CT molecular complexity index is 908. The Balaban J connectivity index is 1.38. The predicted octanol–water partition coefficient (Wildman–Crippen LogP) is 2.41. The fourth-order valence-corrected chi connectivity index (χ4v) is 6.69. The van der Waals surface area contributed by atoms with Crippen molar-refractivity contribution in [3.63, 3.8) is 0 Å². The van der Waals surface area contributed by atoms with E-state index in [2.05, 4.69) is 19.2 Å². The van der Waals surface area contributed by atoms with Crippen LogP contribution in [-0.2, 0) is 0 Å². The SMILES string of the molecule is CC1(C)[C@@H]2C[C@H]1[C@@]1(O)[C@@H](C2)Oc2ccc(C(=O)NCCC3(O)CCCC3)c(O)c2[C@@H]1O. The molecule has 2 bridgehead atoms. The van der Waals surface area contributed by atoms with Gasteiger partial charge in [-0.25, -0.2) is 0 Å². The highest BCUT2D eigenvalue weighted by Crippen LogP contribution is 2.67. The van der Waals surface area contributed by atoms with Crippen molar-refractivity contribution in [2.24, 2.45) is 17.3 Å². The molecule has 7 heteroatoms. The van der Waals surface area contributed by atoms with Crippen molar-refractivity contribution >= 4 is 5.91 Å². The summed E-state index contributed by atoms with van der Waals surface area (Å²) in [7, 11) is 0. The number of hydrogen-bond acceptors (Lipinski definition) is 6. The molecular formula is C24H33NO6.